The smallest absolute Gasteiger partial charge is 0.300 e. The van der Waals surface area contributed by atoms with Gasteiger partial charge in [0.1, 0.15) is 6.10 Å². The summed E-state index contributed by atoms with van der Waals surface area (Å²) < 4.78 is 13.0. The summed E-state index contributed by atoms with van der Waals surface area (Å²) in [7, 11) is 0. The van der Waals surface area contributed by atoms with Gasteiger partial charge in [0.05, 0.1) is 19.8 Å². The minimum atomic E-state index is -0.280. The van der Waals surface area contributed by atoms with E-state index in [1.165, 1.54) is 6.07 Å². The Kier molecular flexibility index (Phi) is 3.29. The van der Waals surface area contributed by atoms with Gasteiger partial charge in [-0.3, -0.25) is 9.36 Å². The van der Waals surface area contributed by atoms with E-state index in [4.69, 9.17) is 9.47 Å². The molecule has 0 saturated carbocycles. The van der Waals surface area contributed by atoms with E-state index < -0.39 is 0 Å². The molecule has 0 fully saturated rings. The molecule has 5 heteroatoms. The molecule has 0 amide bonds. The number of ether oxygens (including phenoxy) is 2. The Hall–Kier alpha value is -2.14. The highest BCUT2D eigenvalue weighted by Gasteiger charge is 2.22. The molecule has 1 atom stereocenters. The number of fused-ring (bicyclic) bond motifs is 1. The lowest BCUT2D eigenvalue weighted by molar-refractivity contribution is 0.0487. The minimum Gasteiger partial charge on any atom is -0.457 e. The number of benzene rings is 1. The molecule has 0 aliphatic carbocycles. The Morgan fingerprint density at radius 1 is 1.32 bits per heavy atom. The zero-order valence-corrected chi connectivity index (χ0v) is 10.4. The number of rotatable bonds is 4. The molecule has 3 rings (SSSR count). The first-order valence-corrected chi connectivity index (χ1v) is 6.17. The number of hydrogen-bond donors (Lipinski definition) is 0. The molecule has 1 aliphatic rings. The molecule has 1 aromatic carbocycles. The summed E-state index contributed by atoms with van der Waals surface area (Å²) in [6.07, 6.45) is 1.61. The van der Waals surface area contributed by atoms with Crippen LogP contribution in [-0.4, -0.2) is 22.3 Å². The van der Waals surface area contributed by atoms with E-state index in [2.05, 4.69) is 4.98 Å². The maximum absolute atomic E-state index is 11.1. The summed E-state index contributed by atoms with van der Waals surface area (Å²) in [5, 5.41) is 0. The van der Waals surface area contributed by atoms with Crippen LogP contribution in [-0.2, 0) is 17.9 Å². The van der Waals surface area contributed by atoms with Crippen molar-refractivity contribution in [2.24, 2.45) is 0 Å². The van der Waals surface area contributed by atoms with Gasteiger partial charge < -0.3 is 9.47 Å². The fourth-order valence-corrected chi connectivity index (χ4v) is 2.02. The third-order valence-corrected chi connectivity index (χ3v) is 2.94. The Bertz CT molecular complexity index is 610. The van der Waals surface area contributed by atoms with Crippen molar-refractivity contribution in [3.63, 3.8) is 0 Å². The maximum atomic E-state index is 11.1. The molecule has 2 aromatic rings. The summed E-state index contributed by atoms with van der Waals surface area (Å²) >= 11 is 0. The summed E-state index contributed by atoms with van der Waals surface area (Å²) in [6, 6.07) is 11.8. The topological polar surface area (TPSA) is 53.4 Å². The quantitative estimate of drug-likeness (QED) is 0.827. The van der Waals surface area contributed by atoms with Gasteiger partial charge in [-0.15, -0.1) is 0 Å². The molecule has 0 radical (unpaired) electrons. The second-order valence-electron chi connectivity index (χ2n) is 4.44. The molecule has 5 nitrogen and oxygen atoms in total. The van der Waals surface area contributed by atoms with Crippen LogP contribution in [0.1, 0.15) is 5.56 Å². The van der Waals surface area contributed by atoms with Crippen molar-refractivity contribution in [2.75, 3.05) is 6.61 Å². The molecule has 19 heavy (non-hydrogen) atoms. The summed E-state index contributed by atoms with van der Waals surface area (Å²) in [5.41, 5.74) is 0.850. The van der Waals surface area contributed by atoms with Crippen LogP contribution < -0.4 is 10.3 Å². The SMILES string of the molecule is O=c1ccn2c(n1)O[C@H](COCc1ccccc1)C2. The van der Waals surface area contributed by atoms with Gasteiger partial charge in [0, 0.05) is 12.3 Å². The standard InChI is InChI=1S/C14H14N2O3/c17-13-6-7-16-8-12(19-14(16)15-13)10-18-9-11-4-2-1-3-5-11/h1-7,12H,8-10H2/t12-/m0/s1. The summed E-state index contributed by atoms with van der Waals surface area (Å²) in [6.45, 7) is 1.70. The van der Waals surface area contributed by atoms with E-state index in [0.29, 0.717) is 25.8 Å². The molecule has 0 N–H and O–H groups in total. The molecule has 0 unspecified atom stereocenters. The van der Waals surface area contributed by atoms with Gasteiger partial charge in [-0.2, -0.15) is 4.98 Å². The van der Waals surface area contributed by atoms with E-state index in [-0.39, 0.29) is 11.7 Å². The first-order chi connectivity index (χ1) is 9.31. The zero-order valence-electron chi connectivity index (χ0n) is 10.4. The first kappa shape index (κ1) is 11.9. The van der Waals surface area contributed by atoms with Crippen molar-refractivity contribution in [1.29, 1.82) is 0 Å². The summed E-state index contributed by atoms with van der Waals surface area (Å²) in [5.74, 6) is 0. The van der Waals surface area contributed by atoms with Crippen molar-refractivity contribution < 1.29 is 9.47 Å². The van der Waals surface area contributed by atoms with E-state index >= 15 is 0 Å². The van der Waals surface area contributed by atoms with Gasteiger partial charge >= 0.3 is 0 Å². The normalized spacial score (nSPS) is 16.9. The number of aromatic nitrogens is 2. The van der Waals surface area contributed by atoms with E-state index in [0.717, 1.165) is 5.56 Å². The average molecular weight is 258 g/mol. The fraction of sp³-hybridized carbons (Fsp3) is 0.286. The van der Waals surface area contributed by atoms with Gasteiger partial charge in [-0.1, -0.05) is 30.3 Å². The van der Waals surface area contributed by atoms with Gasteiger partial charge in [0.25, 0.3) is 11.6 Å². The molecule has 0 bridgehead atoms. The van der Waals surface area contributed by atoms with Crippen LogP contribution in [0, 0.1) is 0 Å². The third kappa shape index (κ3) is 2.82. The number of nitrogens with zero attached hydrogens (tertiary/aromatic N) is 2. The lowest BCUT2D eigenvalue weighted by Crippen LogP contribution is -2.21. The minimum absolute atomic E-state index is 0.0852. The van der Waals surface area contributed by atoms with E-state index in [1.54, 1.807) is 6.20 Å². The number of hydrogen-bond acceptors (Lipinski definition) is 4. The second kappa shape index (κ2) is 5.24. The van der Waals surface area contributed by atoms with Gasteiger partial charge in [-0.05, 0) is 5.56 Å². The highest BCUT2D eigenvalue weighted by molar-refractivity contribution is 5.13. The Morgan fingerprint density at radius 3 is 3.00 bits per heavy atom. The molecular weight excluding hydrogens is 244 g/mol. The average Bonchev–Trinajstić information content (AvgIpc) is 2.82. The molecule has 1 aliphatic heterocycles. The molecular formula is C14H14N2O3. The van der Waals surface area contributed by atoms with Crippen LogP contribution in [0.4, 0.5) is 0 Å². The second-order valence-corrected chi connectivity index (χ2v) is 4.44. The zero-order chi connectivity index (χ0) is 13.1. The van der Waals surface area contributed by atoms with Gasteiger partial charge in [0.15, 0.2) is 0 Å². The monoisotopic (exact) mass is 258 g/mol. The predicted molar refractivity (Wildman–Crippen MR) is 69.0 cm³/mol. The highest BCUT2D eigenvalue weighted by atomic mass is 16.5. The van der Waals surface area contributed by atoms with Crippen molar-refractivity contribution in [2.45, 2.75) is 19.3 Å². The largest absolute Gasteiger partial charge is 0.457 e. The van der Waals surface area contributed by atoms with Crippen LogP contribution in [0.15, 0.2) is 47.4 Å². The maximum Gasteiger partial charge on any atom is 0.300 e. The molecule has 0 spiro atoms. The predicted octanol–water partition coefficient (Wildman–Crippen LogP) is 1.22. The van der Waals surface area contributed by atoms with Gasteiger partial charge in [0.2, 0.25) is 0 Å². The van der Waals surface area contributed by atoms with Crippen molar-refractivity contribution in [3.05, 3.63) is 58.5 Å². The first-order valence-electron chi connectivity index (χ1n) is 6.17. The fourth-order valence-electron chi connectivity index (χ4n) is 2.02. The van der Waals surface area contributed by atoms with Crippen LogP contribution in [0.5, 0.6) is 6.01 Å². The third-order valence-electron chi connectivity index (χ3n) is 2.94. The van der Waals surface area contributed by atoms with Crippen LogP contribution in [0.2, 0.25) is 0 Å². The summed E-state index contributed by atoms with van der Waals surface area (Å²) in [4.78, 5) is 14.9. The highest BCUT2D eigenvalue weighted by Crippen LogP contribution is 2.17. The van der Waals surface area contributed by atoms with Crippen molar-refractivity contribution >= 4 is 0 Å². The lowest BCUT2D eigenvalue weighted by atomic mass is 10.2. The van der Waals surface area contributed by atoms with Crippen molar-refractivity contribution in [1.82, 2.24) is 9.55 Å². The lowest BCUT2D eigenvalue weighted by Gasteiger charge is -2.09. The van der Waals surface area contributed by atoms with Crippen molar-refractivity contribution in [3.8, 4) is 6.01 Å². The molecule has 2 heterocycles. The Labute approximate surface area is 110 Å². The Morgan fingerprint density at radius 2 is 2.16 bits per heavy atom. The van der Waals surface area contributed by atoms with E-state index in [1.807, 2.05) is 34.9 Å². The Balaban J connectivity index is 1.52. The van der Waals surface area contributed by atoms with Crippen LogP contribution >= 0.6 is 0 Å². The van der Waals surface area contributed by atoms with Crippen LogP contribution in [0.3, 0.4) is 0 Å². The molecule has 0 saturated heterocycles. The van der Waals surface area contributed by atoms with Crippen LogP contribution in [0.25, 0.3) is 0 Å². The van der Waals surface area contributed by atoms with Gasteiger partial charge in [-0.25, -0.2) is 0 Å². The van der Waals surface area contributed by atoms with E-state index in [9.17, 15) is 4.79 Å². The molecule has 1 aromatic heterocycles. The molecule has 98 valence electrons.